The molecule has 20 heavy (non-hydrogen) atoms. The van der Waals surface area contributed by atoms with Crippen molar-refractivity contribution in [3.8, 4) is 11.1 Å². The molecule has 0 saturated heterocycles. The highest BCUT2D eigenvalue weighted by molar-refractivity contribution is 7.90. The van der Waals surface area contributed by atoms with E-state index in [9.17, 15) is 8.42 Å². The molecular formula is C13H16Cl2N2O2S. The number of sulfone groups is 1. The molecule has 1 aromatic carbocycles. The van der Waals surface area contributed by atoms with Crippen molar-refractivity contribution in [1.29, 1.82) is 0 Å². The normalized spacial score (nSPS) is 10.3. The summed E-state index contributed by atoms with van der Waals surface area (Å²) in [5, 5.41) is 0. The molecule has 0 atom stereocenters. The van der Waals surface area contributed by atoms with Crippen molar-refractivity contribution in [2.75, 3.05) is 6.26 Å². The number of pyridine rings is 1. The first-order chi connectivity index (χ1) is 8.52. The summed E-state index contributed by atoms with van der Waals surface area (Å²) in [6, 6.07) is 8.63. The Hall–Kier alpha value is -1.14. The molecule has 110 valence electrons. The number of rotatable bonds is 3. The number of hydrogen-bond acceptors (Lipinski definition) is 4. The molecule has 2 rings (SSSR count). The van der Waals surface area contributed by atoms with Gasteiger partial charge in [0.05, 0.1) is 4.90 Å². The van der Waals surface area contributed by atoms with Crippen molar-refractivity contribution < 1.29 is 8.42 Å². The van der Waals surface area contributed by atoms with Crippen LogP contribution in [0.2, 0.25) is 0 Å². The number of hydrogen-bond donors (Lipinski definition) is 1. The van der Waals surface area contributed by atoms with Crippen LogP contribution in [0.1, 0.15) is 5.56 Å². The van der Waals surface area contributed by atoms with Crippen molar-refractivity contribution >= 4 is 34.7 Å². The Kier molecular flexibility index (Phi) is 7.16. The van der Waals surface area contributed by atoms with Gasteiger partial charge in [-0.1, -0.05) is 12.1 Å². The molecule has 0 aliphatic heterocycles. The summed E-state index contributed by atoms with van der Waals surface area (Å²) >= 11 is 0. The van der Waals surface area contributed by atoms with E-state index in [0.717, 1.165) is 16.7 Å². The van der Waals surface area contributed by atoms with Gasteiger partial charge in [-0.05, 0) is 29.3 Å². The first-order valence-corrected chi connectivity index (χ1v) is 7.35. The van der Waals surface area contributed by atoms with E-state index in [0.29, 0.717) is 11.4 Å². The summed E-state index contributed by atoms with van der Waals surface area (Å²) in [6.07, 6.45) is 4.56. The maximum atomic E-state index is 11.5. The van der Waals surface area contributed by atoms with E-state index in [1.807, 2.05) is 12.1 Å². The SMILES string of the molecule is CS(=O)(=O)c1cccc(-c2cnccc2CN)c1.Cl.Cl. The molecule has 0 spiro atoms. The van der Waals surface area contributed by atoms with Gasteiger partial charge in [0.1, 0.15) is 0 Å². The van der Waals surface area contributed by atoms with Crippen LogP contribution in [0.4, 0.5) is 0 Å². The van der Waals surface area contributed by atoms with Crippen LogP contribution in [-0.4, -0.2) is 19.7 Å². The van der Waals surface area contributed by atoms with Gasteiger partial charge in [0.2, 0.25) is 0 Å². The van der Waals surface area contributed by atoms with E-state index in [4.69, 9.17) is 5.73 Å². The van der Waals surface area contributed by atoms with Gasteiger partial charge in [0, 0.05) is 30.8 Å². The minimum atomic E-state index is -3.20. The summed E-state index contributed by atoms with van der Waals surface area (Å²) in [7, 11) is -3.20. The molecule has 1 heterocycles. The molecule has 0 amide bonds. The van der Waals surface area contributed by atoms with Gasteiger partial charge in [0.15, 0.2) is 9.84 Å². The number of nitrogens with two attached hydrogens (primary N) is 1. The molecule has 2 aromatic rings. The fourth-order valence-electron chi connectivity index (χ4n) is 1.76. The Morgan fingerprint density at radius 1 is 1.20 bits per heavy atom. The van der Waals surface area contributed by atoms with Gasteiger partial charge in [0.25, 0.3) is 0 Å². The van der Waals surface area contributed by atoms with Gasteiger partial charge in [-0.15, -0.1) is 24.8 Å². The Morgan fingerprint density at radius 3 is 2.50 bits per heavy atom. The first kappa shape index (κ1) is 18.9. The van der Waals surface area contributed by atoms with Crippen LogP contribution in [0.25, 0.3) is 11.1 Å². The average Bonchev–Trinajstić information content (AvgIpc) is 2.38. The molecule has 4 nitrogen and oxygen atoms in total. The van der Waals surface area contributed by atoms with E-state index in [1.54, 1.807) is 30.6 Å². The third-order valence-corrected chi connectivity index (χ3v) is 3.81. The number of halogens is 2. The zero-order valence-electron chi connectivity index (χ0n) is 10.8. The Bertz CT molecular complexity index is 676. The molecule has 0 fully saturated rings. The van der Waals surface area contributed by atoms with E-state index in [1.165, 1.54) is 6.26 Å². The van der Waals surface area contributed by atoms with Crippen LogP contribution < -0.4 is 5.73 Å². The van der Waals surface area contributed by atoms with Crippen molar-refractivity contribution in [2.24, 2.45) is 5.73 Å². The lowest BCUT2D eigenvalue weighted by Gasteiger charge is -2.08. The van der Waals surface area contributed by atoms with Gasteiger partial charge in [-0.2, -0.15) is 0 Å². The highest BCUT2D eigenvalue weighted by atomic mass is 35.5. The zero-order chi connectivity index (χ0) is 13.2. The van der Waals surface area contributed by atoms with Crippen LogP contribution in [0.15, 0.2) is 47.6 Å². The monoisotopic (exact) mass is 334 g/mol. The lowest BCUT2D eigenvalue weighted by atomic mass is 10.0. The second kappa shape index (κ2) is 7.59. The number of nitrogens with zero attached hydrogens (tertiary/aromatic N) is 1. The largest absolute Gasteiger partial charge is 0.326 e. The summed E-state index contributed by atoms with van der Waals surface area (Å²) in [4.78, 5) is 4.35. The molecule has 0 aliphatic carbocycles. The standard InChI is InChI=1S/C13H14N2O2S.2ClH/c1-18(16,17)12-4-2-3-10(7-12)13-9-15-6-5-11(13)8-14;;/h2-7,9H,8,14H2,1H3;2*1H. The Labute approximate surface area is 131 Å². The summed E-state index contributed by atoms with van der Waals surface area (Å²) < 4.78 is 23.1. The molecule has 0 unspecified atom stereocenters. The fourth-order valence-corrected chi connectivity index (χ4v) is 2.42. The quantitative estimate of drug-likeness (QED) is 0.935. The van der Waals surface area contributed by atoms with Gasteiger partial charge in [-0.3, -0.25) is 4.98 Å². The van der Waals surface area contributed by atoms with Crippen LogP contribution >= 0.6 is 24.8 Å². The van der Waals surface area contributed by atoms with Crippen molar-refractivity contribution in [2.45, 2.75) is 11.4 Å². The van der Waals surface area contributed by atoms with Crippen molar-refractivity contribution in [3.63, 3.8) is 0 Å². The van der Waals surface area contributed by atoms with E-state index >= 15 is 0 Å². The smallest absolute Gasteiger partial charge is 0.175 e. The maximum absolute atomic E-state index is 11.5. The third-order valence-electron chi connectivity index (χ3n) is 2.70. The Balaban J connectivity index is 0.00000180. The molecule has 1 aromatic heterocycles. The molecule has 0 radical (unpaired) electrons. The van der Waals surface area contributed by atoms with Gasteiger partial charge < -0.3 is 5.73 Å². The van der Waals surface area contributed by atoms with Crippen molar-refractivity contribution in [3.05, 3.63) is 48.3 Å². The minimum absolute atomic E-state index is 0. The van der Waals surface area contributed by atoms with Crippen LogP contribution in [-0.2, 0) is 16.4 Å². The molecule has 0 saturated carbocycles. The molecule has 0 aliphatic rings. The first-order valence-electron chi connectivity index (χ1n) is 5.46. The number of aromatic nitrogens is 1. The predicted octanol–water partition coefficient (Wildman–Crippen LogP) is 2.45. The zero-order valence-corrected chi connectivity index (χ0v) is 13.3. The summed E-state index contributed by atoms with van der Waals surface area (Å²) in [5.74, 6) is 0. The molecule has 2 N–H and O–H groups in total. The average molecular weight is 335 g/mol. The van der Waals surface area contributed by atoms with Crippen LogP contribution in [0, 0.1) is 0 Å². The highest BCUT2D eigenvalue weighted by Crippen LogP contribution is 2.24. The molecule has 7 heteroatoms. The highest BCUT2D eigenvalue weighted by Gasteiger charge is 2.10. The number of benzene rings is 1. The van der Waals surface area contributed by atoms with E-state index < -0.39 is 9.84 Å². The molecular weight excluding hydrogens is 319 g/mol. The lowest BCUT2D eigenvalue weighted by molar-refractivity contribution is 0.602. The van der Waals surface area contributed by atoms with Crippen LogP contribution in [0.3, 0.4) is 0 Å². The van der Waals surface area contributed by atoms with Crippen molar-refractivity contribution in [1.82, 2.24) is 4.98 Å². The van der Waals surface area contributed by atoms with E-state index in [-0.39, 0.29) is 24.8 Å². The lowest BCUT2D eigenvalue weighted by Crippen LogP contribution is -2.01. The predicted molar refractivity (Wildman–Crippen MR) is 85.2 cm³/mol. The topological polar surface area (TPSA) is 73.0 Å². The summed E-state index contributed by atoms with van der Waals surface area (Å²) in [6.45, 7) is 0.390. The second-order valence-corrected chi connectivity index (χ2v) is 6.05. The fraction of sp³-hybridized carbons (Fsp3) is 0.154. The molecule has 0 bridgehead atoms. The third kappa shape index (κ3) is 4.18. The van der Waals surface area contributed by atoms with Crippen LogP contribution in [0.5, 0.6) is 0 Å². The van der Waals surface area contributed by atoms with E-state index in [2.05, 4.69) is 4.98 Å². The summed E-state index contributed by atoms with van der Waals surface area (Å²) in [5.41, 5.74) is 8.28. The Morgan fingerprint density at radius 2 is 1.90 bits per heavy atom. The van der Waals surface area contributed by atoms with Gasteiger partial charge >= 0.3 is 0 Å². The minimum Gasteiger partial charge on any atom is -0.326 e. The second-order valence-electron chi connectivity index (χ2n) is 4.04. The maximum Gasteiger partial charge on any atom is 0.175 e. The van der Waals surface area contributed by atoms with Gasteiger partial charge in [-0.25, -0.2) is 8.42 Å².